The number of alkyl halides is 3. The Labute approximate surface area is 204 Å². The van der Waals surface area contributed by atoms with Crippen molar-refractivity contribution in [3.63, 3.8) is 0 Å². The van der Waals surface area contributed by atoms with Gasteiger partial charge in [-0.05, 0) is 29.8 Å². The summed E-state index contributed by atoms with van der Waals surface area (Å²) < 4.78 is 46.5. The van der Waals surface area contributed by atoms with Gasteiger partial charge >= 0.3 is 6.18 Å². The molecule has 10 heteroatoms. The van der Waals surface area contributed by atoms with E-state index in [0.717, 1.165) is 42.4 Å². The molecule has 1 aromatic carbocycles. The maximum atomic E-state index is 13.0. The molecule has 1 atom stereocenters. The van der Waals surface area contributed by atoms with Crippen molar-refractivity contribution in [1.29, 1.82) is 0 Å². The molecule has 6 nitrogen and oxygen atoms in total. The molecule has 0 bridgehead atoms. The molecule has 178 valence electrons. The van der Waals surface area contributed by atoms with Crippen molar-refractivity contribution in [2.45, 2.75) is 18.8 Å². The van der Waals surface area contributed by atoms with Gasteiger partial charge in [0.1, 0.15) is 0 Å². The first-order valence-corrected chi connectivity index (χ1v) is 10.3. The van der Waals surface area contributed by atoms with Crippen molar-refractivity contribution in [3.8, 4) is 0 Å². The Kier molecular flexibility index (Phi) is 9.83. The third kappa shape index (κ3) is 6.85. The highest BCUT2D eigenvalue weighted by molar-refractivity contribution is 14.0. The maximum Gasteiger partial charge on any atom is 0.416 e. The first-order chi connectivity index (χ1) is 14.8. The van der Waals surface area contributed by atoms with E-state index in [1.807, 2.05) is 31.3 Å². The Morgan fingerprint density at radius 3 is 2.38 bits per heavy atom. The van der Waals surface area contributed by atoms with E-state index in [-0.39, 0.29) is 30.0 Å². The van der Waals surface area contributed by atoms with Gasteiger partial charge in [0.25, 0.3) is 0 Å². The monoisotopic (exact) mass is 565 g/mol. The maximum absolute atomic E-state index is 13.0. The number of guanidine groups is 1. The SMILES string of the molecule is CN=C(NCC(c1ccc(C(F)(F)F)cc1)N1CCOCC1)N(C)Cc1cccn1C.I. The molecule has 0 radical (unpaired) electrons. The van der Waals surface area contributed by atoms with Crippen molar-refractivity contribution >= 4 is 29.9 Å². The zero-order valence-electron chi connectivity index (χ0n) is 18.6. The summed E-state index contributed by atoms with van der Waals surface area (Å²) in [6, 6.07) is 9.41. The lowest BCUT2D eigenvalue weighted by molar-refractivity contribution is -0.137. The molecule has 1 unspecified atom stereocenters. The number of aryl methyl sites for hydroxylation is 1. The van der Waals surface area contributed by atoms with E-state index >= 15 is 0 Å². The molecule has 1 aliphatic heterocycles. The van der Waals surface area contributed by atoms with Gasteiger partial charge < -0.3 is 19.5 Å². The molecule has 3 rings (SSSR count). The van der Waals surface area contributed by atoms with Crippen molar-refractivity contribution < 1.29 is 17.9 Å². The van der Waals surface area contributed by atoms with Crippen molar-refractivity contribution in [2.24, 2.45) is 12.0 Å². The van der Waals surface area contributed by atoms with Crippen molar-refractivity contribution in [2.75, 3.05) is 46.9 Å². The minimum atomic E-state index is -4.34. The summed E-state index contributed by atoms with van der Waals surface area (Å²) in [5, 5.41) is 3.40. The molecule has 2 heterocycles. The van der Waals surface area contributed by atoms with E-state index in [0.29, 0.717) is 26.3 Å². The van der Waals surface area contributed by atoms with E-state index in [9.17, 15) is 13.2 Å². The molecule has 2 aromatic rings. The van der Waals surface area contributed by atoms with E-state index < -0.39 is 11.7 Å². The summed E-state index contributed by atoms with van der Waals surface area (Å²) in [6.45, 7) is 3.88. The molecule has 32 heavy (non-hydrogen) atoms. The van der Waals surface area contributed by atoms with Gasteiger partial charge in [0.15, 0.2) is 5.96 Å². The molecule has 0 aliphatic carbocycles. The van der Waals surface area contributed by atoms with Crippen LogP contribution in [-0.4, -0.2) is 67.3 Å². The number of morpholine rings is 1. The molecular weight excluding hydrogens is 534 g/mol. The van der Waals surface area contributed by atoms with Gasteiger partial charge in [0.2, 0.25) is 0 Å². The molecular formula is C22H31F3IN5O. The Bertz CT molecular complexity index is 863. The molecule has 1 saturated heterocycles. The lowest BCUT2D eigenvalue weighted by atomic mass is 10.0. The van der Waals surface area contributed by atoms with Crippen LogP contribution in [0.3, 0.4) is 0 Å². The molecule has 1 aliphatic rings. The summed E-state index contributed by atoms with van der Waals surface area (Å²) in [5.74, 6) is 0.728. The van der Waals surface area contributed by atoms with Gasteiger partial charge in [-0.2, -0.15) is 13.2 Å². The Morgan fingerprint density at radius 1 is 1.19 bits per heavy atom. The summed E-state index contributed by atoms with van der Waals surface area (Å²) >= 11 is 0. The largest absolute Gasteiger partial charge is 0.416 e. The lowest BCUT2D eigenvalue weighted by Crippen LogP contribution is -2.46. The minimum Gasteiger partial charge on any atom is -0.379 e. The number of halogens is 4. The fourth-order valence-electron chi connectivity index (χ4n) is 3.79. The number of nitrogens with zero attached hydrogens (tertiary/aromatic N) is 4. The van der Waals surface area contributed by atoms with Gasteiger partial charge in [-0.25, -0.2) is 0 Å². The Balaban J connectivity index is 0.00000363. The Morgan fingerprint density at radius 2 is 1.84 bits per heavy atom. The Hall–Kier alpha value is -1.79. The van der Waals surface area contributed by atoms with Crippen LogP contribution in [0.4, 0.5) is 13.2 Å². The number of ether oxygens (including phenoxy) is 1. The van der Waals surface area contributed by atoms with Crippen LogP contribution in [0.15, 0.2) is 47.6 Å². The first-order valence-electron chi connectivity index (χ1n) is 10.3. The normalized spacial score (nSPS) is 16.4. The highest BCUT2D eigenvalue weighted by Gasteiger charge is 2.31. The number of aliphatic imine (C=N–C) groups is 1. The number of benzene rings is 1. The lowest BCUT2D eigenvalue weighted by Gasteiger charge is -2.36. The molecule has 0 spiro atoms. The van der Waals surface area contributed by atoms with E-state index in [2.05, 4.69) is 25.8 Å². The van der Waals surface area contributed by atoms with Gasteiger partial charge in [0.05, 0.1) is 31.4 Å². The van der Waals surface area contributed by atoms with Crippen molar-refractivity contribution in [1.82, 2.24) is 19.7 Å². The predicted octanol–water partition coefficient (Wildman–Crippen LogP) is 3.74. The van der Waals surface area contributed by atoms with Gasteiger partial charge in [-0.3, -0.25) is 9.89 Å². The van der Waals surface area contributed by atoms with Crippen LogP contribution in [0.25, 0.3) is 0 Å². The average molecular weight is 565 g/mol. The summed E-state index contributed by atoms with van der Waals surface area (Å²) in [4.78, 5) is 8.65. The molecule has 0 amide bonds. The number of rotatable bonds is 6. The van der Waals surface area contributed by atoms with Gasteiger partial charge in [-0.15, -0.1) is 24.0 Å². The molecule has 1 N–H and O–H groups in total. The second kappa shape index (κ2) is 11.9. The second-order valence-corrected chi connectivity index (χ2v) is 7.68. The smallest absolute Gasteiger partial charge is 0.379 e. The van der Waals surface area contributed by atoms with Crippen LogP contribution in [0, 0.1) is 0 Å². The standard InChI is InChI=1S/C22H30F3N5O.HI/c1-26-21(29(3)16-19-5-4-10-28(19)2)27-15-20(30-11-13-31-14-12-30)17-6-8-18(9-7-17)22(23,24)25;/h4-10,20H,11-16H2,1-3H3,(H,26,27);1H. The molecule has 1 aromatic heterocycles. The van der Waals surface area contributed by atoms with Crippen LogP contribution in [0.5, 0.6) is 0 Å². The third-order valence-corrected chi connectivity index (χ3v) is 5.59. The third-order valence-electron chi connectivity index (χ3n) is 5.59. The van der Waals surface area contributed by atoms with Gasteiger partial charge in [0, 0.05) is 52.7 Å². The number of hydrogen-bond acceptors (Lipinski definition) is 3. The number of nitrogens with one attached hydrogen (secondary N) is 1. The van der Waals surface area contributed by atoms with E-state index in [1.54, 1.807) is 19.2 Å². The topological polar surface area (TPSA) is 45.0 Å². The van der Waals surface area contributed by atoms with Crippen LogP contribution in [0.2, 0.25) is 0 Å². The van der Waals surface area contributed by atoms with Gasteiger partial charge in [-0.1, -0.05) is 12.1 Å². The summed E-state index contributed by atoms with van der Waals surface area (Å²) in [6.07, 6.45) is -2.34. The van der Waals surface area contributed by atoms with E-state index in [4.69, 9.17) is 4.74 Å². The van der Waals surface area contributed by atoms with Crippen LogP contribution in [-0.2, 0) is 24.5 Å². The number of hydrogen-bond donors (Lipinski definition) is 1. The molecule has 1 fully saturated rings. The summed E-state index contributed by atoms with van der Waals surface area (Å²) in [5.41, 5.74) is 1.35. The highest BCUT2D eigenvalue weighted by Crippen LogP contribution is 2.31. The van der Waals surface area contributed by atoms with Crippen LogP contribution < -0.4 is 5.32 Å². The fourth-order valence-corrected chi connectivity index (χ4v) is 3.79. The molecule has 0 saturated carbocycles. The first kappa shape index (κ1) is 26.5. The highest BCUT2D eigenvalue weighted by atomic mass is 127. The second-order valence-electron chi connectivity index (χ2n) is 7.68. The number of aromatic nitrogens is 1. The zero-order chi connectivity index (χ0) is 22.4. The zero-order valence-corrected chi connectivity index (χ0v) is 20.9. The van der Waals surface area contributed by atoms with E-state index in [1.165, 1.54) is 0 Å². The minimum absolute atomic E-state index is 0. The predicted molar refractivity (Wildman–Crippen MR) is 130 cm³/mol. The van der Waals surface area contributed by atoms with Crippen molar-refractivity contribution in [3.05, 3.63) is 59.4 Å². The van der Waals surface area contributed by atoms with Crippen LogP contribution in [0.1, 0.15) is 22.9 Å². The quantitative estimate of drug-likeness (QED) is 0.330. The van der Waals surface area contributed by atoms with Crippen LogP contribution >= 0.6 is 24.0 Å². The summed E-state index contributed by atoms with van der Waals surface area (Å²) in [7, 11) is 5.69. The average Bonchev–Trinajstić information content (AvgIpc) is 3.15. The fraction of sp³-hybridized carbons (Fsp3) is 0.500.